The second-order valence-corrected chi connectivity index (χ2v) is 13.8. The van der Waals surface area contributed by atoms with Crippen LogP contribution in [0.2, 0.25) is 0 Å². The van der Waals surface area contributed by atoms with Crippen LogP contribution in [-0.4, -0.2) is 37.9 Å². The van der Waals surface area contributed by atoms with Crippen LogP contribution in [0.4, 0.5) is 17.6 Å². The van der Waals surface area contributed by atoms with Gasteiger partial charge in [-0.2, -0.15) is 10.2 Å². The van der Waals surface area contributed by atoms with Crippen molar-refractivity contribution >= 4 is 50.3 Å². The van der Waals surface area contributed by atoms with Gasteiger partial charge in [0.2, 0.25) is 0 Å². The fourth-order valence-electron chi connectivity index (χ4n) is 5.49. The summed E-state index contributed by atoms with van der Waals surface area (Å²) in [5.74, 6) is -2.47. The van der Waals surface area contributed by atoms with Crippen LogP contribution < -0.4 is 16.9 Å². The molecule has 2 aromatic heterocycles. The summed E-state index contributed by atoms with van der Waals surface area (Å²) < 4.78 is 69.3. The van der Waals surface area contributed by atoms with Crippen LogP contribution >= 0.6 is 15.9 Å². The summed E-state index contributed by atoms with van der Waals surface area (Å²) >= 11 is 2.96. The van der Waals surface area contributed by atoms with Crippen molar-refractivity contribution in [3.63, 3.8) is 0 Å². The maximum Gasteiger partial charge on any atom is 0.495 e. The number of halogens is 5. The average Bonchev–Trinajstić information content (AvgIpc) is 3.67. The first-order chi connectivity index (χ1) is 23.5. The van der Waals surface area contributed by atoms with Gasteiger partial charge in [-0.15, -0.1) is 0 Å². The molecule has 6 aromatic rings. The zero-order valence-corrected chi connectivity index (χ0v) is 30.2. The lowest BCUT2D eigenvalue weighted by Crippen LogP contribution is -2.41. The molecular formula is C36H38BBrF4N6O2. The van der Waals surface area contributed by atoms with Crippen molar-refractivity contribution in [2.75, 3.05) is 0 Å². The number of hydrogen-bond donors (Lipinski definition) is 2. The van der Waals surface area contributed by atoms with Crippen LogP contribution in [0.5, 0.6) is 0 Å². The summed E-state index contributed by atoms with van der Waals surface area (Å²) in [6.45, 7) is 7.99. The first kappa shape index (κ1) is 37.2. The molecule has 50 heavy (non-hydrogen) atoms. The molecule has 0 aliphatic carbocycles. The SMILES string of the molecule is Cn1cc2c(-c3cc(F)c(CN)c(F)c3)cccc2n1.Cn1cc2c(B3OC(C)(C)C(C)(C)O3)cccc2n1.NCc1c(F)cc(Br)cc1F. The largest absolute Gasteiger partial charge is 0.495 e. The van der Waals surface area contributed by atoms with E-state index in [1.165, 1.54) is 24.3 Å². The predicted octanol–water partition coefficient (Wildman–Crippen LogP) is 7.04. The number of benzene rings is 4. The molecule has 7 rings (SSSR count). The molecule has 1 fully saturated rings. The Balaban J connectivity index is 0.000000152. The van der Waals surface area contributed by atoms with E-state index in [2.05, 4.69) is 53.8 Å². The Labute approximate surface area is 296 Å². The molecular weight excluding hydrogens is 715 g/mol. The van der Waals surface area contributed by atoms with Gasteiger partial charge in [0.05, 0.1) is 22.2 Å². The zero-order chi connectivity index (χ0) is 36.5. The summed E-state index contributed by atoms with van der Waals surface area (Å²) in [4.78, 5) is 0. The molecule has 0 radical (unpaired) electrons. The highest BCUT2D eigenvalue weighted by Crippen LogP contribution is 2.37. The molecule has 1 aliphatic rings. The Morgan fingerprint density at radius 2 is 1.14 bits per heavy atom. The Morgan fingerprint density at radius 1 is 0.700 bits per heavy atom. The number of nitrogens with zero attached hydrogens (tertiary/aromatic N) is 4. The first-order valence-electron chi connectivity index (χ1n) is 15.8. The standard InChI is InChI=1S/C15H13F2N3.C14H19BN2O2.C7H6BrF2N/c1-20-8-12-10(3-2-4-15(12)19-20)9-5-13(16)11(7-18)14(17)6-9;1-13(2)14(3,4)19-15(18-13)11-7-6-8-12-10(11)9-17(5)16-12;8-4-1-6(9)5(3-11)7(10)2-4/h2-6,8H,7,18H2,1H3;6-9H,1-5H3;1-2H,3,11H2. The van der Waals surface area contributed by atoms with E-state index in [0.29, 0.717) is 10.0 Å². The number of aromatic nitrogens is 4. The maximum atomic E-state index is 13.9. The van der Waals surface area contributed by atoms with Crippen molar-refractivity contribution in [3.05, 3.63) is 112 Å². The van der Waals surface area contributed by atoms with Gasteiger partial charge in [0.15, 0.2) is 0 Å². The molecule has 1 aliphatic heterocycles. The minimum atomic E-state index is -0.622. The molecule has 0 amide bonds. The highest BCUT2D eigenvalue weighted by Gasteiger charge is 2.52. The third-order valence-corrected chi connectivity index (χ3v) is 9.29. The van der Waals surface area contributed by atoms with Crippen LogP contribution in [-0.2, 0) is 36.5 Å². The number of nitrogens with two attached hydrogens (primary N) is 2. The molecule has 4 N–H and O–H groups in total. The molecule has 3 heterocycles. The molecule has 0 spiro atoms. The van der Waals surface area contributed by atoms with Crippen LogP contribution in [0, 0.1) is 23.3 Å². The van der Waals surface area contributed by atoms with Crippen LogP contribution in [0.25, 0.3) is 32.9 Å². The lowest BCUT2D eigenvalue weighted by Gasteiger charge is -2.32. The quantitative estimate of drug-likeness (QED) is 0.148. The second kappa shape index (κ2) is 14.6. The fraction of sp³-hybridized carbons (Fsp3) is 0.278. The Kier molecular flexibility index (Phi) is 10.9. The lowest BCUT2D eigenvalue weighted by molar-refractivity contribution is 0.00578. The minimum absolute atomic E-state index is 0.0757. The van der Waals surface area contributed by atoms with Gasteiger partial charge in [0, 0.05) is 66.0 Å². The summed E-state index contributed by atoms with van der Waals surface area (Å²) in [7, 11) is 3.40. The smallest absolute Gasteiger partial charge is 0.399 e. The summed E-state index contributed by atoms with van der Waals surface area (Å²) in [5, 5.41) is 10.7. The highest BCUT2D eigenvalue weighted by molar-refractivity contribution is 9.10. The zero-order valence-electron chi connectivity index (χ0n) is 28.6. The average molecular weight is 753 g/mol. The van der Waals surface area contributed by atoms with Gasteiger partial charge < -0.3 is 20.8 Å². The first-order valence-corrected chi connectivity index (χ1v) is 16.6. The van der Waals surface area contributed by atoms with E-state index in [9.17, 15) is 17.6 Å². The fourth-order valence-corrected chi connectivity index (χ4v) is 5.90. The van der Waals surface area contributed by atoms with Crippen molar-refractivity contribution in [3.8, 4) is 11.1 Å². The normalized spacial score (nSPS) is 14.8. The van der Waals surface area contributed by atoms with Crippen molar-refractivity contribution in [2.24, 2.45) is 25.6 Å². The molecule has 4 aromatic carbocycles. The van der Waals surface area contributed by atoms with E-state index < -0.39 is 23.3 Å². The number of hydrogen-bond acceptors (Lipinski definition) is 6. The lowest BCUT2D eigenvalue weighted by atomic mass is 9.77. The minimum Gasteiger partial charge on any atom is -0.399 e. The van der Waals surface area contributed by atoms with E-state index in [0.717, 1.165) is 32.8 Å². The Morgan fingerprint density at radius 3 is 1.64 bits per heavy atom. The molecule has 8 nitrogen and oxygen atoms in total. The maximum absolute atomic E-state index is 13.9. The van der Waals surface area contributed by atoms with Gasteiger partial charge in [-0.25, -0.2) is 17.6 Å². The molecule has 0 atom stereocenters. The molecule has 14 heteroatoms. The van der Waals surface area contributed by atoms with Crippen LogP contribution in [0.15, 0.2) is 77.5 Å². The second-order valence-electron chi connectivity index (χ2n) is 12.9. The molecule has 0 unspecified atom stereocenters. The van der Waals surface area contributed by atoms with Crippen LogP contribution in [0.1, 0.15) is 38.8 Å². The summed E-state index contributed by atoms with van der Waals surface area (Å²) in [6.07, 6.45) is 3.84. The predicted molar refractivity (Wildman–Crippen MR) is 192 cm³/mol. The van der Waals surface area contributed by atoms with Gasteiger partial charge in [-0.3, -0.25) is 9.36 Å². The number of fused-ring (bicyclic) bond motifs is 2. The van der Waals surface area contributed by atoms with E-state index in [1.807, 2.05) is 67.6 Å². The van der Waals surface area contributed by atoms with Crippen molar-refractivity contribution in [1.29, 1.82) is 0 Å². The third kappa shape index (κ3) is 7.64. The number of rotatable bonds is 4. The van der Waals surface area contributed by atoms with Gasteiger partial charge >= 0.3 is 7.12 Å². The van der Waals surface area contributed by atoms with Gasteiger partial charge in [0.1, 0.15) is 23.3 Å². The van der Waals surface area contributed by atoms with E-state index in [1.54, 1.807) is 4.68 Å². The van der Waals surface area contributed by atoms with Gasteiger partial charge in [-0.05, 0) is 80.7 Å². The summed E-state index contributed by atoms with van der Waals surface area (Å²) in [6, 6.07) is 16.5. The molecule has 262 valence electrons. The van der Waals surface area contributed by atoms with Gasteiger partial charge in [0.25, 0.3) is 0 Å². The Bertz CT molecular complexity index is 2110. The van der Waals surface area contributed by atoms with Crippen LogP contribution in [0.3, 0.4) is 0 Å². The van der Waals surface area contributed by atoms with Gasteiger partial charge in [-0.1, -0.05) is 40.2 Å². The summed E-state index contributed by atoms with van der Waals surface area (Å²) in [5.41, 5.74) is 13.7. The molecule has 0 bridgehead atoms. The molecule has 1 saturated heterocycles. The van der Waals surface area contributed by atoms with E-state index >= 15 is 0 Å². The van der Waals surface area contributed by atoms with Crippen molar-refractivity contribution in [1.82, 2.24) is 19.6 Å². The third-order valence-electron chi connectivity index (χ3n) is 8.84. The molecule has 0 saturated carbocycles. The monoisotopic (exact) mass is 752 g/mol. The Hall–Kier alpha value is -4.08. The van der Waals surface area contributed by atoms with E-state index in [-0.39, 0.29) is 42.5 Å². The van der Waals surface area contributed by atoms with Crippen molar-refractivity contribution < 1.29 is 26.9 Å². The number of aryl methyl sites for hydroxylation is 2. The van der Waals surface area contributed by atoms with E-state index in [4.69, 9.17) is 20.8 Å². The highest BCUT2D eigenvalue weighted by atomic mass is 79.9. The topological polar surface area (TPSA) is 106 Å². The van der Waals surface area contributed by atoms with Crippen molar-refractivity contribution in [2.45, 2.75) is 52.0 Å².